The number of benzene rings is 5. The Morgan fingerprint density at radius 1 is 0.818 bits per heavy atom. The number of phenols is 1. The summed E-state index contributed by atoms with van der Waals surface area (Å²) < 4.78 is 17.2. The number of ether oxygens (including phenoxy) is 3. The Hall–Kier alpha value is -6.63. The SMILES string of the molecule is COc1cc(COC(=O)c2ccc(COc3cccc(C(NC(=O)O)c4ccccc4)c3)cc2)ccc1CCNCC(O)c1ccc(O)c2[nH]c(=O)ccc12. The van der Waals surface area contributed by atoms with Crippen molar-refractivity contribution in [2.24, 2.45) is 0 Å². The minimum absolute atomic E-state index is 0.0493. The van der Waals surface area contributed by atoms with Gasteiger partial charge in [0.15, 0.2) is 0 Å². The number of methoxy groups -OCH3 is 1. The number of phenolic OH excluding ortho intramolecular Hbond substituents is 1. The fourth-order valence-electron chi connectivity index (χ4n) is 6.25. The third-order valence-electron chi connectivity index (χ3n) is 9.08. The van der Waals surface area contributed by atoms with Gasteiger partial charge in [-0.05, 0) is 88.8 Å². The summed E-state index contributed by atoms with van der Waals surface area (Å²) >= 11 is 0. The maximum Gasteiger partial charge on any atom is 0.405 e. The molecule has 0 radical (unpaired) electrons. The Kier molecular flexibility index (Phi) is 12.4. The van der Waals surface area contributed by atoms with Crippen molar-refractivity contribution < 1.29 is 39.1 Å². The number of fused-ring (bicyclic) bond motifs is 1. The van der Waals surface area contributed by atoms with Gasteiger partial charge in [-0.2, -0.15) is 0 Å². The molecule has 6 aromatic rings. The standard InChI is InChI=1S/C43H41N3O9/c1-53-38-22-28(12-13-29(38)20-21-44-24-37(48)34-16-18-36(47)41-35(34)17-19-39(49)45-41)26-55-42(50)31-14-10-27(11-15-31)25-54-33-9-5-8-32(23-33)40(46-43(51)52)30-6-3-2-4-7-30/h2-19,22-23,37,40,44,46-48H,20-21,24-26H2,1H3,(H,45,49)(H,51,52). The Bertz CT molecular complexity index is 2310. The monoisotopic (exact) mass is 743 g/mol. The number of pyridine rings is 1. The molecular formula is C43H41N3O9. The van der Waals surface area contributed by atoms with Crippen LogP contribution in [0.4, 0.5) is 4.79 Å². The highest BCUT2D eigenvalue weighted by Gasteiger charge is 2.18. The van der Waals surface area contributed by atoms with Crippen LogP contribution in [0.5, 0.6) is 17.2 Å². The van der Waals surface area contributed by atoms with Crippen LogP contribution < -0.4 is 25.7 Å². The zero-order valence-corrected chi connectivity index (χ0v) is 30.0. The molecule has 6 rings (SSSR count). The van der Waals surface area contributed by atoms with Crippen molar-refractivity contribution in [3.05, 3.63) is 171 Å². The van der Waals surface area contributed by atoms with Crippen molar-refractivity contribution >= 4 is 23.0 Å². The molecule has 1 aromatic heterocycles. The van der Waals surface area contributed by atoms with Gasteiger partial charge in [0.05, 0.1) is 30.3 Å². The zero-order valence-electron chi connectivity index (χ0n) is 30.0. The van der Waals surface area contributed by atoms with Crippen LogP contribution in [-0.2, 0) is 24.4 Å². The van der Waals surface area contributed by atoms with Gasteiger partial charge in [0, 0.05) is 18.0 Å². The number of hydrogen-bond acceptors (Lipinski definition) is 9. The van der Waals surface area contributed by atoms with E-state index in [0.717, 1.165) is 27.8 Å². The molecule has 0 saturated heterocycles. The number of aliphatic hydroxyl groups excluding tert-OH is 1. The molecule has 0 bridgehead atoms. The number of carboxylic acid groups (broad SMARTS) is 1. The summed E-state index contributed by atoms with van der Waals surface area (Å²) in [4.78, 5) is 38.7. The van der Waals surface area contributed by atoms with E-state index in [1.165, 1.54) is 12.1 Å². The van der Waals surface area contributed by atoms with Crippen molar-refractivity contribution in [3.8, 4) is 17.2 Å². The third kappa shape index (κ3) is 9.87. The molecular weight excluding hydrogens is 702 g/mol. The fraction of sp³-hybridized carbons (Fsp3) is 0.186. The molecule has 1 heterocycles. The lowest BCUT2D eigenvalue weighted by molar-refractivity contribution is 0.0472. The van der Waals surface area contributed by atoms with Crippen LogP contribution in [-0.4, -0.2) is 52.6 Å². The normalized spacial score (nSPS) is 12.1. The molecule has 0 aliphatic carbocycles. The van der Waals surface area contributed by atoms with Crippen molar-refractivity contribution in [3.63, 3.8) is 0 Å². The summed E-state index contributed by atoms with van der Waals surface area (Å²) in [5, 5.41) is 36.8. The second kappa shape index (κ2) is 17.9. The van der Waals surface area contributed by atoms with Crippen molar-refractivity contribution in [2.45, 2.75) is 31.8 Å². The molecule has 0 fully saturated rings. The summed E-state index contributed by atoms with van der Waals surface area (Å²) in [6, 6.07) is 34.6. The summed E-state index contributed by atoms with van der Waals surface area (Å²) in [6.07, 6.45) is -1.39. The van der Waals surface area contributed by atoms with E-state index in [4.69, 9.17) is 14.2 Å². The molecule has 2 unspecified atom stereocenters. The molecule has 6 N–H and O–H groups in total. The third-order valence-corrected chi connectivity index (χ3v) is 9.08. The second-order valence-corrected chi connectivity index (χ2v) is 12.8. The molecule has 0 aliphatic heterocycles. The van der Waals surface area contributed by atoms with Crippen molar-refractivity contribution in [1.82, 2.24) is 15.6 Å². The molecule has 1 amide bonds. The van der Waals surface area contributed by atoms with E-state index in [2.05, 4.69) is 15.6 Å². The molecule has 2 atom stereocenters. The largest absolute Gasteiger partial charge is 0.506 e. The highest BCUT2D eigenvalue weighted by molar-refractivity contribution is 5.89. The maximum atomic E-state index is 12.9. The number of aromatic hydroxyl groups is 1. The molecule has 5 aromatic carbocycles. The first-order valence-corrected chi connectivity index (χ1v) is 17.6. The number of hydrogen-bond donors (Lipinski definition) is 6. The second-order valence-electron chi connectivity index (χ2n) is 12.8. The molecule has 282 valence electrons. The summed E-state index contributed by atoms with van der Waals surface area (Å²) in [5.74, 6) is 0.682. The Balaban J connectivity index is 0.974. The van der Waals surface area contributed by atoms with E-state index in [-0.39, 0.29) is 36.6 Å². The van der Waals surface area contributed by atoms with E-state index in [1.807, 2.05) is 60.7 Å². The fourth-order valence-corrected chi connectivity index (χ4v) is 6.25. The van der Waals surface area contributed by atoms with E-state index in [9.17, 15) is 29.7 Å². The average Bonchev–Trinajstić information content (AvgIpc) is 3.20. The lowest BCUT2D eigenvalue weighted by Gasteiger charge is -2.19. The van der Waals surface area contributed by atoms with Gasteiger partial charge in [0.25, 0.3) is 0 Å². The molecule has 55 heavy (non-hydrogen) atoms. The predicted octanol–water partition coefficient (Wildman–Crippen LogP) is 6.40. The van der Waals surface area contributed by atoms with Crippen LogP contribution in [0, 0.1) is 0 Å². The number of aliphatic hydroxyl groups is 1. The number of esters is 1. The van der Waals surface area contributed by atoms with Crippen LogP contribution >= 0.6 is 0 Å². The molecule has 0 saturated carbocycles. The lowest BCUT2D eigenvalue weighted by Crippen LogP contribution is -2.27. The van der Waals surface area contributed by atoms with Gasteiger partial charge in [0.1, 0.15) is 30.5 Å². The number of carbonyl (C=O) groups is 2. The Labute approximate surface area is 317 Å². The van der Waals surface area contributed by atoms with Gasteiger partial charge in [0.2, 0.25) is 5.56 Å². The summed E-state index contributed by atoms with van der Waals surface area (Å²) in [5.41, 5.74) is 5.00. The lowest BCUT2D eigenvalue weighted by atomic mass is 9.98. The van der Waals surface area contributed by atoms with Crippen LogP contribution in [0.2, 0.25) is 0 Å². The van der Waals surface area contributed by atoms with Gasteiger partial charge < -0.3 is 45.1 Å². The van der Waals surface area contributed by atoms with Crippen LogP contribution in [0.25, 0.3) is 10.9 Å². The van der Waals surface area contributed by atoms with Crippen LogP contribution in [0.15, 0.2) is 126 Å². The highest BCUT2D eigenvalue weighted by Crippen LogP contribution is 2.29. The minimum atomic E-state index is -1.13. The molecule has 12 nitrogen and oxygen atoms in total. The Morgan fingerprint density at radius 2 is 1.58 bits per heavy atom. The Morgan fingerprint density at radius 3 is 2.35 bits per heavy atom. The van der Waals surface area contributed by atoms with Gasteiger partial charge in [-0.15, -0.1) is 0 Å². The summed E-state index contributed by atoms with van der Waals surface area (Å²) in [6.45, 7) is 1.08. The number of H-pyrrole nitrogens is 1. The minimum Gasteiger partial charge on any atom is -0.506 e. The average molecular weight is 744 g/mol. The van der Waals surface area contributed by atoms with Gasteiger partial charge >= 0.3 is 12.1 Å². The number of aromatic amines is 1. The predicted molar refractivity (Wildman–Crippen MR) is 207 cm³/mol. The molecule has 0 spiro atoms. The molecule has 0 aliphatic rings. The first-order valence-electron chi connectivity index (χ1n) is 17.6. The quantitative estimate of drug-likeness (QED) is 0.0480. The smallest absolute Gasteiger partial charge is 0.405 e. The maximum absolute atomic E-state index is 12.9. The zero-order chi connectivity index (χ0) is 38.7. The first kappa shape index (κ1) is 38.1. The topological polar surface area (TPSA) is 179 Å². The number of amides is 1. The number of rotatable bonds is 16. The van der Waals surface area contributed by atoms with Crippen molar-refractivity contribution in [2.75, 3.05) is 20.2 Å². The number of nitrogens with one attached hydrogen (secondary N) is 3. The van der Waals surface area contributed by atoms with Gasteiger partial charge in [-0.3, -0.25) is 4.79 Å². The van der Waals surface area contributed by atoms with Gasteiger partial charge in [-0.1, -0.05) is 72.8 Å². The van der Waals surface area contributed by atoms with E-state index in [0.29, 0.717) is 41.0 Å². The molecule has 12 heteroatoms. The number of aromatic nitrogens is 1. The van der Waals surface area contributed by atoms with Crippen LogP contribution in [0.3, 0.4) is 0 Å². The van der Waals surface area contributed by atoms with E-state index < -0.39 is 24.2 Å². The van der Waals surface area contributed by atoms with E-state index >= 15 is 0 Å². The summed E-state index contributed by atoms with van der Waals surface area (Å²) in [7, 11) is 1.58. The van der Waals surface area contributed by atoms with Crippen LogP contribution in [0.1, 0.15) is 55.9 Å². The van der Waals surface area contributed by atoms with Crippen molar-refractivity contribution in [1.29, 1.82) is 0 Å². The number of carbonyl (C=O) groups excluding carboxylic acids is 1. The van der Waals surface area contributed by atoms with Gasteiger partial charge in [-0.25, -0.2) is 9.59 Å². The highest BCUT2D eigenvalue weighted by atomic mass is 16.5. The van der Waals surface area contributed by atoms with E-state index in [1.54, 1.807) is 55.6 Å². The first-order chi connectivity index (χ1) is 26.7.